The number of hydrogen-bond acceptors (Lipinski definition) is 4. The molecule has 2 aromatic rings. The molecule has 19 heavy (non-hydrogen) atoms. The number of aromatic nitrogens is 2. The van der Waals surface area contributed by atoms with Crippen molar-refractivity contribution in [3.05, 3.63) is 46.3 Å². The molecule has 2 rings (SSSR count). The molecule has 4 nitrogen and oxygen atoms in total. The van der Waals surface area contributed by atoms with E-state index in [1.165, 1.54) is 12.1 Å². The van der Waals surface area contributed by atoms with E-state index in [0.717, 1.165) is 12.0 Å². The van der Waals surface area contributed by atoms with E-state index in [9.17, 15) is 4.39 Å². The van der Waals surface area contributed by atoms with E-state index in [1.54, 1.807) is 6.07 Å². The van der Waals surface area contributed by atoms with Crippen LogP contribution in [0.2, 0.25) is 5.02 Å². The lowest BCUT2D eigenvalue weighted by atomic mass is 10.1. The third-order valence-corrected chi connectivity index (χ3v) is 3.04. The highest BCUT2D eigenvalue weighted by Crippen LogP contribution is 2.19. The molecule has 0 amide bonds. The van der Waals surface area contributed by atoms with E-state index in [4.69, 9.17) is 21.9 Å². The maximum Gasteiger partial charge on any atom is 0.226 e. The van der Waals surface area contributed by atoms with Gasteiger partial charge in [0.2, 0.25) is 5.89 Å². The van der Waals surface area contributed by atoms with Gasteiger partial charge in [0.05, 0.1) is 0 Å². The Kier molecular flexibility index (Phi) is 4.50. The minimum Gasteiger partial charge on any atom is -0.339 e. The summed E-state index contributed by atoms with van der Waals surface area (Å²) >= 11 is 5.95. The SMILES string of the molecule is CC(N)CCc1nc(Cc2ccc(F)cc2Cl)no1. The summed E-state index contributed by atoms with van der Waals surface area (Å²) in [6, 6.07) is 4.35. The van der Waals surface area contributed by atoms with Crippen molar-refractivity contribution < 1.29 is 8.91 Å². The van der Waals surface area contributed by atoms with Crippen LogP contribution in [0.1, 0.15) is 30.6 Å². The molecule has 0 saturated heterocycles. The Labute approximate surface area is 115 Å². The number of nitrogens with two attached hydrogens (primary N) is 1. The molecule has 2 N–H and O–H groups in total. The first-order chi connectivity index (χ1) is 9.04. The third kappa shape index (κ3) is 4.01. The number of aryl methyl sites for hydroxylation is 1. The standard InChI is InChI=1S/C13H15ClFN3O/c1-8(16)2-5-13-17-12(18-19-13)6-9-3-4-10(15)7-11(9)14/h3-4,7-8H,2,5-6,16H2,1H3. The van der Waals surface area contributed by atoms with Crippen molar-refractivity contribution >= 4 is 11.6 Å². The van der Waals surface area contributed by atoms with Crippen LogP contribution in [0.25, 0.3) is 0 Å². The summed E-state index contributed by atoms with van der Waals surface area (Å²) in [5.74, 6) is 0.734. The van der Waals surface area contributed by atoms with Gasteiger partial charge in [0, 0.05) is 23.9 Å². The molecule has 1 aromatic heterocycles. The first-order valence-corrected chi connectivity index (χ1v) is 6.43. The summed E-state index contributed by atoms with van der Waals surface area (Å²) in [6.45, 7) is 1.93. The number of halogens is 2. The lowest BCUT2D eigenvalue weighted by Gasteiger charge is -2.00. The first kappa shape index (κ1) is 14.0. The quantitative estimate of drug-likeness (QED) is 0.916. The zero-order valence-corrected chi connectivity index (χ0v) is 11.3. The Hall–Kier alpha value is -1.46. The van der Waals surface area contributed by atoms with Crippen molar-refractivity contribution in [2.45, 2.75) is 32.2 Å². The van der Waals surface area contributed by atoms with Crippen LogP contribution in [0.3, 0.4) is 0 Å². The smallest absolute Gasteiger partial charge is 0.226 e. The second kappa shape index (κ2) is 6.12. The molecule has 0 radical (unpaired) electrons. The highest BCUT2D eigenvalue weighted by atomic mass is 35.5. The van der Waals surface area contributed by atoms with Gasteiger partial charge in [0.1, 0.15) is 5.82 Å². The van der Waals surface area contributed by atoms with Gasteiger partial charge in [-0.05, 0) is 31.0 Å². The van der Waals surface area contributed by atoms with Crippen molar-refractivity contribution in [3.8, 4) is 0 Å². The van der Waals surface area contributed by atoms with E-state index in [1.807, 2.05) is 6.92 Å². The minimum absolute atomic E-state index is 0.0990. The van der Waals surface area contributed by atoms with E-state index < -0.39 is 0 Å². The topological polar surface area (TPSA) is 64.9 Å². The van der Waals surface area contributed by atoms with Gasteiger partial charge in [-0.2, -0.15) is 4.98 Å². The molecule has 1 unspecified atom stereocenters. The number of rotatable bonds is 5. The van der Waals surface area contributed by atoms with Gasteiger partial charge in [-0.15, -0.1) is 0 Å². The normalized spacial score (nSPS) is 12.6. The fourth-order valence-corrected chi connectivity index (χ4v) is 1.88. The van der Waals surface area contributed by atoms with Crippen LogP contribution < -0.4 is 5.73 Å². The summed E-state index contributed by atoms with van der Waals surface area (Å²) in [6.07, 6.45) is 1.86. The molecule has 0 aliphatic carbocycles. The molecule has 0 spiro atoms. The average molecular weight is 284 g/mol. The predicted octanol–water partition coefficient (Wildman–Crippen LogP) is 2.73. The van der Waals surface area contributed by atoms with E-state index in [-0.39, 0.29) is 11.9 Å². The van der Waals surface area contributed by atoms with Crippen LogP contribution in [0, 0.1) is 5.82 Å². The van der Waals surface area contributed by atoms with Crippen LogP contribution in [0.15, 0.2) is 22.7 Å². The monoisotopic (exact) mass is 283 g/mol. The van der Waals surface area contributed by atoms with Crippen LogP contribution in [-0.2, 0) is 12.8 Å². The number of nitrogens with zero attached hydrogens (tertiary/aromatic N) is 2. The lowest BCUT2D eigenvalue weighted by Crippen LogP contribution is -2.15. The van der Waals surface area contributed by atoms with Crippen LogP contribution in [0.4, 0.5) is 4.39 Å². The second-order valence-electron chi connectivity index (χ2n) is 4.53. The molecule has 0 bridgehead atoms. The summed E-state index contributed by atoms with van der Waals surface area (Å²) in [5.41, 5.74) is 6.43. The van der Waals surface area contributed by atoms with Gasteiger partial charge in [0.25, 0.3) is 0 Å². The van der Waals surface area contributed by atoms with E-state index >= 15 is 0 Å². The molecule has 102 valence electrons. The van der Waals surface area contributed by atoms with Crippen molar-refractivity contribution in [2.24, 2.45) is 5.73 Å². The Morgan fingerprint density at radius 2 is 2.26 bits per heavy atom. The van der Waals surface area contributed by atoms with Gasteiger partial charge in [-0.1, -0.05) is 22.8 Å². The van der Waals surface area contributed by atoms with Crippen LogP contribution >= 0.6 is 11.6 Å². The fraction of sp³-hybridized carbons (Fsp3) is 0.385. The van der Waals surface area contributed by atoms with Gasteiger partial charge in [-0.3, -0.25) is 0 Å². The Bertz CT molecular complexity index is 557. The largest absolute Gasteiger partial charge is 0.339 e. The fourth-order valence-electron chi connectivity index (χ4n) is 1.65. The number of hydrogen-bond donors (Lipinski definition) is 1. The van der Waals surface area contributed by atoms with E-state index in [2.05, 4.69) is 10.1 Å². The maximum absolute atomic E-state index is 12.9. The van der Waals surface area contributed by atoms with Gasteiger partial charge in [0.15, 0.2) is 5.82 Å². The molecule has 6 heteroatoms. The van der Waals surface area contributed by atoms with Gasteiger partial charge in [-0.25, -0.2) is 4.39 Å². The van der Waals surface area contributed by atoms with E-state index in [0.29, 0.717) is 29.6 Å². The highest BCUT2D eigenvalue weighted by Gasteiger charge is 2.10. The molecule has 1 atom stereocenters. The summed E-state index contributed by atoms with van der Waals surface area (Å²) in [4.78, 5) is 4.26. The number of benzene rings is 1. The Morgan fingerprint density at radius 1 is 1.47 bits per heavy atom. The predicted molar refractivity (Wildman–Crippen MR) is 70.5 cm³/mol. The zero-order valence-electron chi connectivity index (χ0n) is 10.6. The molecule has 0 aliphatic heterocycles. The summed E-state index contributed by atoms with van der Waals surface area (Å²) in [7, 11) is 0. The highest BCUT2D eigenvalue weighted by molar-refractivity contribution is 6.31. The molecule has 0 saturated carbocycles. The van der Waals surface area contributed by atoms with Crippen LogP contribution in [-0.4, -0.2) is 16.2 Å². The second-order valence-corrected chi connectivity index (χ2v) is 4.94. The molecular weight excluding hydrogens is 269 g/mol. The van der Waals surface area contributed by atoms with Crippen molar-refractivity contribution in [2.75, 3.05) is 0 Å². The van der Waals surface area contributed by atoms with Gasteiger partial charge >= 0.3 is 0 Å². The van der Waals surface area contributed by atoms with Crippen molar-refractivity contribution in [3.63, 3.8) is 0 Å². The zero-order chi connectivity index (χ0) is 13.8. The van der Waals surface area contributed by atoms with Crippen LogP contribution in [0.5, 0.6) is 0 Å². The summed E-state index contributed by atoms with van der Waals surface area (Å²) < 4.78 is 18.0. The molecule has 1 heterocycles. The Balaban J connectivity index is 2.03. The molecule has 0 fully saturated rings. The Morgan fingerprint density at radius 3 is 2.95 bits per heavy atom. The third-order valence-electron chi connectivity index (χ3n) is 2.69. The first-order valence-electron chi connectivity index (χ1n) is 6.05. The molecule has 0 aliphatic rings. The van der Waals surface area contributed by atoms with Crippen molar-refractivity contribution in [1.29, 1.82) is 0 Å². The summed E-state index contributed by atoms with van der Waals surface area (Å²) in [5, 5.41) is 4.24. The van der Waals surface area contributed by atoms with Gasteiger partial charge < -0.3 is 10.3 Å². The molecule has 1 aromatic carbocycles. The lowest BCUT2D eigenvalue weighted by molar-refractivity contribution is 0.368. The average Bonchev–Trinajstić information content (AvgIpc) is 2.78. The minimum atomic E-state index is -0.362. The molecular formula is C13H15ClFN3O. The van der Waals surface area contributed by atoms with Crippen molar-refractivity contribution in [1.82, 2.24) is 10.1 Å². The maximum atomic E-state index is 12.9.